The second kappa shape index (κ2) is 7.03. The van der Waals surface area contributed by atoms with Crippen LogP contribution in [-0.4, -0.2) is 40.6 Å². The van der Waals surface area contributed by atoms with E-state index in [9.17, 15) is 4.79 Å². The van der Waals surface area contributed by atoms with Crippen LogP contribution in [0.15, 0.2) is 48.9 Å². The molecule has 4 aromatic rings. The zero-order valence-corrected chi connectivity index (χ0v) is 15.7. The summed E-state index contributed by atoms with van der Waals surface area (Å²) in [5.74, 6) is 0.0576. The normalized spacial score (nSPS) is 10.8. The standard InChI is InChI=1S/C19H18N8O/c1-12-13(2)24-26(14(12)3)19-20-9-15(10-21-19)23-18(28)17-11-22-27(25-17)16-7-5-4-6-8-16/h4-11H,1-3H3,(H,23,28). The lowest BCUT2D eigenvalue weighted by molar-refractivity contribution is 0.102. The Labute approximate surface area is 161 Å². The maximum atomic E-state index is 12.4. The van der Waals surface area contributed by atoms with Crippen LogP contribution in [0.2, 0.25) is 0 Å². The minimum Gasteiger partial charge on any atom is -0.318 e. The maximum absolute atomic E-state index is 12.4. The van der Waals surface area contributed by atoms with Crippen molar-refractivity contribution in [2.75, 3.05) is 5.32 Å². The lowest BCUT2D eigenvalue weighted by atomic mass is 10.2. The Morgan fingerprint density at radius 2 is 1.68 bits per heavy atom. The highest BCUT2D eigenvalue weighted by atomic mass is 16.2. The Bertz CT molecular complexity index is 1130. The lowest BCUT2D eigenvalue weighted by Gasteiger charge is -2.05. The van der Waals surface area contributed by atoms with Gasteiger partial charge in [-0.15, -0.1) is 5.10 Å². The van der Waals surface area contributed by atoms with E-state index in [0.717, 1.165) is 22.6 Å². The van der Waals surface area contributed by atoms with Crippen molar-refractivity contribution < 1.29 is 4.79 Å². The summed E-state index contributed by atoms with van der Waals surface area (Å²) in [6.45, 7) is 5.91. The van der Waals surface area contributed by atoms with Gasteiger partial charge in [-0.3, -0.25) is 4.79 Å². The van der Waals surface area contributed by atoms with E-state index in [1.165, 1.54) is 23.4 Å². The van der Waals surface area contributed by atoms with E-state index in [4.69, 9.17) is 0 Å². The minimum atomic E-state index is -0.388. The van der Waals surface area contributed by atoms with E-state index in [1.807, 2.05) is 51.1 Å². The predicted molar refractivity (Wildman–Crippen MR) is 103 cm³/mol. The van der Waals surface area contributed by atoms with Crippen molar-refractivity contribution in [3.63, 3.8) is 0 Å². The van der Waals surface area contributed by atoms with Gasteiger partial charge in [0.15, 0.2) is 5.69 Å². The van der Waals surface area contributed by atoms with Gasteiger partial charge in [0.1, 0.15) is 0 Å². The Morgan fingerprint density at radius 1 is 0.964 bits per heavy atom. The molecule has 0 aliphatic heterocycles. The van der Waals surface area contributed by atoms with Crippen LogP contribution < -0.4 is 5.32 Å². The van der Waals surface area contributed by atoms with Gasteiger partial charge in [0.2, 0.25) is 0 Å². The SMILES string of the molecule is Cc1nn(-c2ncc(NC(=O)c3cnn(-c4ccccc4)n3)cn2)c(C)c1C. The molecule has 3 aromatic heterocycles. The average molecular weight is 374 g/mol. The number of nitrogens with one attached hydrogen (secondary N) is 1. The summed E-state index contributed by atoms with van der Waals surface area (Å²) < 4.78 is 1.68. The number of amides is 1. The second-order valence-corrected chi connectivity index (χ2v) is 6.29. The molecule has 1 amide bonds. The number of rotatable bonds is 4. The van der Waals surface area contributed by atoms with Crippen LogP contribution >= 0.6 is 0 Å². The van der Waals surface area contributed by atoms with Crippen molar-refractivity contribution in [2.45, 2.75) is 20.8 Å². The van der Waals surface area contributed by atoms with Gasteiger partial charge in [-0.2, -0.15) is 15.0 Å². The summed E-state index contributed by atoms with van der Waals surface area (Å²) in [7, 11) is 0. The molecule has 140 valence electrons. The number of aryl methyl sites for hydroxylation is 1. The fourth-order valence-electron chi connectivity index (χ4n) is 2.66. The number of benzene rings is 1. The topological polar surface area (TPSA) is 103 Å². The van der Waals surface area contributed by atoms with Crippen molar-refractivity contribution in [2.24, 2.45) is 0 Å². The molecule has 0 spiro atoms. The smallest absolute Gasteiger partial charge is 0.277 e. The van der Waals surface area contributed by atoms with Gasteiger partial charge in [-0.05, 0) is 38.5 Å². The van der Waals surface area contributed by atoms with Crippen molar-refractivity contribution in [1.82, 2.24) is 34.7 Å². The number of aromatic nitrogens is 7. The summed E-state index contributed by atoms with van der Waals surface area (Å²) in [6, 6.07) is 9.37. The molecule has 4 rings (SSSR count). The Kier molecular flexibility index (Phi) is 4.40. The van der Waals surface area contributed by atoms with Crippen LogP contribution in [0.5, 0.6) is 0 Å². The molecule has 1 N–H and O–H groups in total. The largest absolute Gasteiger partial charge is 0.318 e. The van der Waals surface area contributed by atoms with Crippen LogP contribution in [-0.2, 0) is 0 Å². The molecule has 0 aliphatic carbocycles. The molecule has 0 atom stereocenters. The Morgan fingerprint density at radius 3 is 2.32 bits per heavy atom. The van der Waals surface area contributed by atoms with Gasteiger partial charge >= 0.3 is 0 Å². The number of nitrogens with zero attached hydrogens (tertiary/aromatic N) is 7. The number of hydrogen-bond acceptors (Lipinski definition) is 6. The van der Waals surface area contributed by atoms with Crippen LogP contribution in [0.25, 0.3) is 11.6 Å². The van der Waals surface area contributed by atoms with E-state index in [1.54, 1.807) is 4.68 Å². The fraction of sp³-hybridized carbons (Fsp3) is 0.158. The number of carbonyl (C=O) groups is 1. The summed E-state index contributed by atoms with van der Waals surface area (Å²) in [5.41, 5.74) is 4.44. The molecule has 0 saturated carbocycles. The van der Waals surface area contributed by atoms with Gasteiger partial charge < -0.3 is 5.32 Å². The minimum absolute atomic E-state index is 0.196. The third-order valence-corrected chi connectivity index (χ3v) is 4.45. The van der Waals surface area contributed by atoms with E-state index >= 15 is 0 Å². The van der Waals surface area contributed by atoms with Gasteiger partial charge in [0.05, 0.1) is 35.7 Å². The van der Waals surface area contributed by atoms with Crippen LogP contribution in [0, 0.1) is 20.8 Å². The number of para-hydroxylation sites is 1. The summed E-state index contributed by atoms with van der Waals surface area (Å²) in [5, 5.41) is 15.5. The van der Waals surface area contributed by atoms with E-state index in [0.29, 0.717) is 11.6 Å². The first kappa shape index (κ1) is 17.5. The number of anilines is 1. The molecule has 0 saturated heterocycles. The highest BCUT2D eigenvalue weighted by Crippen LogP contribution is 2.15. The van der Waals surface area contributed by atoms with Crippen molar-refractivity contribution >= 4 is 11.6 Å². The summed E-state index contributed by atoms with van der Waals surface area (Å²) in [4.78, 5) is 22.4. The molecule has 0 bridgehead atoms. The van der Waals surface area contributed by atoms with Gasteiger partial charge in [0, 0.05) is 5.69 Å². The fourth-order valence-corrected chi connectivity index (χ4v) is 2.66. The van der Waals surface area contributed by atoms with Gasteiger partial charge in [-0.1, -0.05) is 18.2 Å². The lowest BCUT2D eigenvalue weighted by Crippen LogP contribution is -2.14. The molecule has 9 nitrogen and oxygen atoms in total. The van der Waals surface area contributed by atoms with Crippen molar-refractivity contribution in [3.05, 3.63) is 71.6 Å². The third-order valence-electron chi connectivity index (χ3n) is 4.45. The first-order valence-corrected chi connectivity index (χ1v) is 8.67. The number of carbonyl (C=O) groups excluding carboxylic acids is 1. The van der Waals surface area contributed by atoms with Crippen molar-refractivity contribution in [1.29, 1.82) is 0 Å². The molecule has 0 fully saturated rings. The summed E-state index contributed by atoms with van der Waals surface area (Å²) >= 11 is 0. The molecular formula is C19H18N8O. The quantitative estimate of drug-likeness (QED) is 0.588. The number of hydrogen-bond donors (Lipinski definition) is 1. The monoisotopic (exact) mass is 374 g/mol. The molecular weight excluding hydrogens is 356 g/mol. The first-order chi connectivity index (χ1) is 13.5. The predicted octanol–water partition coefficient (Wildman–Crippen LogP) is 2.42. The van der Waals surface area contributed by atoms with Crippen molar-refractivity contribution in [3.8, 4) is 11.6 Å². The first-order valence-electron chi connectivity index (χ1n) is 8.67. The zero-order chi connectivity index (χ0) is 19.7. The molecule has 3 heterocycles. The maximum Gasteiger partial charge on any atom is 0.277 e. The molecule has 0 aliphatic rings. The Hall–Kier alpha value is -3.88. The molecule has 0 unspecified atom stereocenters. The third kappa shape index (κ3) is 3.25. The molecule has 28 heavy (non-hydrogen) atoms. The molecule has 0 radical (unpaired) electrons. The van der Waals surface area contributed by atoms with Crippen LogP contribution in [0.1, 0.15) is 27.4 Å². The average Bonchev–Trinajstić information content (AvgIpc) is 3.31. The van der Waals surface area contributed by atoms with E-state index in [-0.39, 0.29) is 11.6 Å². The van der Waals surface area contributed by atoms with Crippen LogP contribution in [0.4, 0.5) is 5.69 Å². The van der Waals surface area contributed by atoms with Gasteiger partial charge in [-0.25, -0.2) is 14.6 Å². The second-order valence-electron chi connectivity index (χ2n) is 6.29. The summed E-state index contributed by atoms with van der Waals surface area (Å²) in [6.07, 6.45) is 4.48. The molecule has 1 aromatic carbocycles. The highest BCUT2D eigenvalue weighted by Gasteiger charge is 2.14. The van der Waals surface area contributed by atoms with E-state index < -0.39 is 0 Å². The molecule has 9 heteroatoms. The Balaban J connectivity index is 1.49. The van der Waals surface area contributed by atoms with E-state index in [2.05, 4.69) is 30.6 Å². The van der Waals surface area contributed by atoms with Gasteiger partial charge in [0.25, 0.3) is 11.9 Å². The zero-order valence-electron chi connectivity index (χ0n) is 15.7. The highest BCUT2D eigenvalue weighted by molar-refractivity contribution is 6.02. The van der Waals surface area contributed by atoms with Crippen LogP contribution in [0.3, 0.4) is 0 Å².